The lowest BCUT2D eigenvalue weighted by Gasteiger charge is -2.16. The highest BCUT2D eigenvalue weighted by Gasteiger charge is 2.20. The van der Waals surface area contributed by atoms with Crippen LogP contribution in [0.4, 0.5) is 0 Å². The molecule has 2 aromatic rings. The molecule has 0 saturated carbocycles. The van der Waals surface area contributed by atoms with Crippen LogP contribution in [0.3, 0.4) is 0 Å². The zero-order valence-electron chi connectivity index (χ0n) is 13.0. The van der Waals surface area contributed by atoms with Gasteiger partial charge in [-0.15, -0.1) is 0 Å². The van der Waals surface area contributed by atoms with Gasteiger partial charge < -0.3 is 19.3 Å². The number of rotatable bonds is 4. The molecule has 1 N–H and O–H groups in total. The van der Waals surface area contributed by atoms with Gasteiger partial charge in [0.2, 0.25) is 12.7 Å². The molecule has 0 spiro atoms. The van der Waals surface area contributed by atoms with Crippen LogP contribution in [0.15, 0.2) is 34.9 Å². The quantitative estimate of drug-likeness (QED) is 0.868. The van der Waals surface area contributed by atoms with E-state index in [9.17, 15) is 4.79 Å². The summed E-state index contributed by atoms with van der Waals surface area (Å²) in [6.07, 6.45) is 6.80. The minimum Gasteiger partial charge on any atom is -0.454 e. The minimum absolute atomic E-state index is 0.0359. The Morgan fingerprint density at radius 1 is 1.25 bits per heavy atom. The van der Waals surface area contributed by atoms with Gasteiger partial charge in [-0.1, -0.05) is 17.3 Å². The van der Waals surface area contributed by atoms with Gasteiger partial charge in [0, 0.05) is 11.5 Å². The Hall–Kier alpha value is -2.83. The molecule has 7 heteroatoms. The molecule has 2 heterocycles. The van der Waals surface area contributed by atoms with Crippen molar-refractivity contribution in [3.63, 3.8) is 0 Å². The van der Waals surface area contributed by atoms with Gasteiger partial charge in [-0.3, -0.25) is 4.79 Å². The number of fused-ring (bicyclic) bond motifs is 1. The molecule has 0 radical (unpaired) electrons. The van der Waals surface area contributed by atoms with Gasteiger partial charge >= 0.3 is 0 Å². The summed E-state index contributed by atoms with van der Waals surface area (Å²) in [7, 11) is 0. The highest BCUT2D eigenvalue weighted by atomic mass is 16.7. The summed E-state index contributed by atoms with van der Waals surface area (Å²) in [6, 6.07) is 5.43. The highest BCUT2D eigenvalue weighted by Crippen LogP contribution is 2.35. The van der Waals surface area contributed by atoms with E-state index in [2.05, 4.69) is 27.6 Å². The van der Waals surface area contributed by atoms with Gasteiger partial charge in [0.15, 0.2) is 17.3 Å². The second kappa shape index (κ2) is 6.35. The lowest BCUT2D eigenvalue weighted by Crippen LogP contribution is -2.31. The van der Waals surface area contributed by atoms with Crippen molar-refractivity contribution in [3.05, 3.63) is 36.2 Å². The Morgan fingerprint density at radius 2 is 2.17 bits per heavy atom. The lowest BCUT2D eigenvalue weighted by atomic mass is 9.94. The summed E-state index contributed by atoms with van der Waals surface area (Å²) in [4.78, 5) is 16.4. The fourth-order valence-corrected chi connectivity index (χ4v) is 2.81. The first kappa shape index (κ1) is 14.7. The number of hydrogen-bond acceptors (Lipinski definition) is 6. The topological polar surface area (TPSA) is 86.5 Å². The molecule has 7 nitrogen and oxygen atoms in total. The summed E-state index contributed by atoms with van der Waals surface area (Å²) in [5.41, 5.74) is 0.752. The van der Waals surface area contributed by atoms with E-state index in [1.165, 1.54) is 0 Å². The summed E-state index contributed by atoms with van der Waals surface area (Å²) in [5, 5.41) is 6.79. The second-order valence-electron chi connectivity index (χ2n) is 5.78. The SMILES string of the molecule is O=C(NCc1noc(-c2ccc3c(c2)OCO3)n1)C1CC=CCC1. The zero-order valence-corrected chi connectivity index (χ0v) is 13.0. The van der Waals surface area contributed by atoms with Crippen LogP contribution < -0.4 is 14.8 Å². The predicted molar refractivity (Wildman–Crippen MR) is 84.2 cm³/mol. The van der Waals surface area contributed by atoms with E-state index in [4.69, 9.17) is 14.0 Å². The summed E-state index contributed by atoms with van der Waals surface area (Å²) in [6.45, 7) is 0.476. The molecule has 1 aromatic heterocycles. The molecule has 2 aliphatic rings. The molecule has 1 atom stereocenters. The normalized spacial score (nSPS) is 18.6. The number of carbonyl (C=O) groups is 1. The van der Waals surface area contributed by atoms with Gasteiger partial charge in [0.1, 0.15) is 0 Å². The van der Waals surface area contributed by atoms with Crippen LogP contribution in [-0.2, 0) is 11.3 Å². The van der Waals surface area contributed by atoms with Crippen molar-refractivity contribution in [3.8, 4) is 23.0 Å². The Kier molecular flexibility index (Phi) is 3.90. The predicted octanol–water partition coefficient (Wildman–Crippen LogP) is 2.44. The molecule has 0 fully saturated rings. The smallest absolute Gasteiger partial charge is 0.258 e. The van der Waals surface area contributed by atoms with E-state index < -0.39 is 0 Å². The maximum Gasteiger partial charge on any atom is 0.258 e. The molecule has 124 valence electrons. The zero-order chi connectivity index (χ0) is 16.4. The van der Waals surface area contributed by atoms with E-state index >= 15 is 0 Å². The van der Waals surface area contributed by atoms with Crippen molar-refractivity contribution in [1.29, 1.82) is 0 Å². The van der Waals surface area contributed by atoms with Crippen molar-refractivity contribution < 1.29 is 18.8 Å². The lowest BCUT2D eigenvalue weighted by molar-refractivity contribution is -0.125. The number of allylic oxidation sites excluding steroid dienone is 2. The van der Waals surface area contributed by atoms with Crippen LogP contribution in [0.25, 0.3) is 11.5 Å². The summed E-state index contributed by atoms with van der Waals surface area (Å²) >= 11 is 0. The van der Waals surface area contributed by atoms with Crippen LogP contribution in [-0.4, -0.2) is 22.8 Å². The van der Waals surface area contributed by atoms with E-state index in [-0.39, 0.29) is 25.2 Å². The molecule has 1 aromatic carbocycles. The average molecular weight is 327 g/mol. The van der Waals surface area contributed by atoms with Gasteiger partial charge in [0.05, 0.1) is 6.54 Å². The Morgan fingerprint density at radius 3 is 3.04 bits per heavy atom. The molecular formula is C17H17N3O4. The molecule has 0 saturated heterocycles. The average Bonchev–Trinajstić information content (AvgIpc) is 3.29. The maximum atomic E-state index is 12.1. The van der Waals surface area contributed by atoms with Gasteiger partial charge in [-0.05, 0) is 37.5 Å². The molecule has 1 aliphatic carbocycles. The molecule has 1 unspecified atom stereocenters. The number of ether oxygens (including phenoxy) is 2. The van der Waals surface area contributed by atoms with Crippen LogP contribution in [0, 0.1) is 5.92 Å². The van der Waals surface area contributed by atoms with Crippen molar-refractivity contribution in [1.82, 2.24) is 15.5 Å². The first-order valence-electron chi connectivity index (χ1n) is 7.95. The fraction of sp³-hybridized carbons (Fsp3) is 0.353. The number of hydrogen-bond donors (Lipinski definition) is 1. The first-order valence-corrected chi connectivity index (χ1v) is 7.95. The van der Waals surface area contributed by atoms with Crippen molar-refractivity contribution in [2.45, 2.75) is 25.8 Å². The monoisotopic (exact) mass is 327 g/mol. The first-order chi connectivity index (χ1) is 11.8. The van der Waals surface area contributed by atoms with Gasteiger partial charge in [-0.2, -0.15) is 4.98 Å². The second-order valence-corrected chi connectivity index (χ2v) is 5.78. The van der Waals surface area contributed by atoms with Crippen molar-refractivity contribution in [2.24, 2.45) is 5.92 Å². The highest BCUT2D eigenvalue weighted by molar-refractivity contribution is 5.78. The third-order valence-corrected chi connectivity index (χ3v) is 4.15. The fourth-order valence-electron chi connectivity index (χ4n) is 2.81. The number of nitrogens with zero attached hydrogens (tertiary/aromatic N) is 2. The van der Waals surface area contributed by atoms with E-state index in [1.807, 2.05) is 6.07 Å². The third kappa shape index (κ3) is 2.97. The van der Waals surface area contributed by atoms with E-state index in [1.54, 1.807) is 12.1 Å². The van der Waals surface area contributed by atoms with E-state index in [0.29, 0.717) is 23.2 Å². The minimum atomic E-state index is 0.0359. The van der Waals surface area contributed by atoms with Gasteiger partial charge in [0.25, 0.3) is 5.89 Å². The van der Waals surface area contributed by atoms with Crippen LogP contribution in [0.1, 0.15) is 25.1 Å². The van der Waals surface area contributed by atoms with Crippen LogP contribution in [0.5, 0.6) is 11.5 Å². The molecule has 4 rings (SSSR count). The number of carbonyl (C=O) groups excluding carboxylic acids is 1. The Bertz CT molecular complexity index is 784. The van der Waals surface area contributed by atoms with Crippen LogP contribution >= 0.6 is 0 Å². The van der Waals surface area contributed by atoms with Gasteiger partial charge in [-0.25, -0.2) is 0 Å². The number of amides is 1. The molecular weight excluding hydrogens is 310 g/mol. The summed E-state index contributed by atoms with van der Waals surface area (Å²) < 4.78 is 15.9. The molecule has 24 heavy (non-hydrogen) atoms. The Balaban J connectivity index is 1.40. The summed E-state index contributed by atoms with van der Waals surface area (Å²) in [5.74, 6) is 2.27. The number of aromatic nitrogens is 2. The number of benzene rings is 1. The Labute approximate surface area is 138 Å². The molecule has 1 aliphatic heterocycles. The largest absolute Gasteiger partial charge is 0.454 e. The van der Waals surface area contributed by atoms with Crippen molar-refractivity contribution in [2.75, 3.05) is 6.79 Å². The molecule has 0 bridgehead atoms. The third-order valence-electron chi connectivity index (χ3n) is 4.15. The molecule has 1 amide bonds. The van der Waals surface area contributed by atoms with E-state index in [0.717, 1.165) is 24.8 Å². The standard InChI is InChI=1S/C17H17N3O4/c21-16(11-4-2-1-3-5-11)18-9-15-19-17(24-20-15)12-6-7-13-14(8-12)23-10-22-13/h1-2,6-8,11H,3-5,9-10H2,(H,18,21). The van der Waals surface area contributed by atoms with Crippen LogP contribution in [0.2, 0.25) is 0 Å². The van der Waals surface area contributed by atoms with Crippen molar-refractivity contribution >= 4 is 5.91 Å². The maximum absolute atomic E-state index is 12.1. The number of nitrogens with one attached hydrogen (secondary N) is 1.